The van der Waals surface area contributed by atoms with Crippen molar-refractivity contribution >= 4 is 23.5 Å². The Morgan fingerprint density at radius 1 is 1.15 bits per heavy atom. The van der Waals surface area contributed by atoms with Crippen LogP contribution in [-0.2, 0) is 15.9 Å². The van der Waals surface area contributed by atoms with E-state index in [1.807, 2.05) is 16.8 Å². The average molecular weight is 272 g/mol. The van der Waals surface area contributed by atoms with Crippen molar-refractivity contribution in [2.24, 2.45) is 0 Å². The molecule has 1 aliphatic heterocycles. The minimum Gasteiger partial charge on any atom is -0.399 e. The monoisotopic (exact) mass is 272 g/mol. The predicted octanol–water partition coefficient (Wildman–Crippen LogP) is 2.36. The fraction of sp³-hybridized carbons (Fsp3) is 0.533. The molecule has 20 heavy (non-hydrogen) atoms. The number of benzene rings is 1. The Bertz CT molecular complexity index is 632. The molecule has 1 aromatic carbocycles. The van der Waals surface area contributed by atoms with Crippen molar-refractivity contribution in [3.8, 4) is 0 Å². The van der Waals surface area contributed by atoms with Crippen LogP contribution in [0.2, 0.25) is 0 Å². The Kier molecular flexibility index (Phi) is 2.96. The van der Waals surface area contributed by atoms with Gasteiger partial charge in [-0.05, 0) is 46.1 Å². The van der Waals surface area contributed by atoms with Gasteiger partial charge >= 0.3 is 7.12 Å². The van der Waals surface area contributed by atoms with Crippen molar-refractivity contribution in [2.75, 3.05) is 0 Å². The van der Waals surface area contributed by atoms with Gasteiger partial charge in [0.15, 0.2) is 0 Å². The van der Waals surface area contributed by atoms with Gasteiger partial charge in [0, 0.05) is 18.1 Å². The molecule has 1 aromatic heterocycles. The molecule has 3 rings (SSSR count). The zero-order chi connectivity index (χ0) is 14.5. The summed E-state index contributed by atoms with van der Waals surface area (Å²) in [6.07, 6.45) is 2.07. The third kappa shape index (κ3) is 1.96. The van der Waals surface area contributed by atoms with E-state index in [9.17, 15) is 0 Å². The molecule has 1 fully saturated rings. The summed E-state index contributed by atoms with van der Waals surface area (Å²) in [7, 11) is -0.335. The molecule has 5 heteroatoms. The van der Waals surface area contributed by atoms with Gasteiger partial charge in [-0.2, -0.15) is 5.10 Å². The van der Waals surface area contributed by atoms with Crippen LogP contribution >= 0.6 is 0 Å². The summed E-state index contributed by atoms with van der Waals surface area (Å²) < 4.78 is 14.2. The maximum absolute atomic E-state index is 6.14. The van der Waals surface area contributed by atoms with Crippen LogP contribution in [0.25, 0.3) is 10.9 Å². The van der Waals surface area contributed by atoms with Crippen LogP contribution in [0.15, 0.2) is 24.4 Å². The summed E-state index contributed by atoms with van der Waals surface area (Å²) in [4.78, 5) is 0. The molecule has 2 aromatic rings. The lowest BCUT2D eigenvalue weighted by atomic mass is 9.77. The van der Waals surface area contributed by atoms with Crippen LogP contribution in [0.4, 0.5) is 0 Å². The number of aryl methyl sites for hydroxylation is 1. The van der Waals surface area contributed by atoms with Crippen molar-refractivity contribution in [1.82, 2.24) is 9.78 Å². The van der Waals surface area contributed by atoms with Crippen LogP contribution in [-0.4, -0.2) is 28.1 Å². The molecule has 0 N–H and O–H groups in total. The number of rotatable bonds is 2. The van der Waals surface area contributed by atoms with Gasteiger partial charge in [0.1, 0.15) is 0 Å². The van der Waals surface area contributed by atoms with Gasteiger partial charge in [-0.15, -0.1) is 0 Å². The molecular weight excluding hydrogens is 251 g/mol. The van der Waals surface area contributed by atoms with Gasteiger partial charge in [-0.1, -0.05) is 12.1 Å². The molecular formula is C15H21BN2O2. The molecule has 4 nitrogen and oxygen atoms in total. The molecule has 1 aliphatic rings. The fourth-order valence-electron chi connectivity index (χ4n) is 2.45. The number of nitrogens with zero attached hydrogens (tertiary/aromatic N) is 2. The molecule has 0 saturated carbocycles. The topological polar surface area (TPSA) is 36.3 Å². The predicted molar refractivity (Wildman–Crippen MR) is 81.1 cm³/mol. The lowest BCUT2D eigenvalue weighted by Crippen LogP contribution is -2.41. The first-order valence-electron chi connectivity index (χ1n) is 7.16. The van der Waals surface area contributed by atoms with Gasteiger partial charge in [-0.3, -0.25) is 4.68 Å². The second-order valence-electron chi connectivity index (χ2n) is 6.35. The molecule has 0 bridgehead atoms. The zero-order valence-corrected chi connectivity index (χ0v) is 12.8. The van der Waals surface area contributed by atoms with Crippen LogP contribution in [0.3, 0.4) is 0 Å². The van der Waals surface area contributed by atoms with Crippen molar-refractivity contribution in [3.63, 3.8) is 0 Å². The molecule has 0 spiro atoms. The van der Waals surface area contributed by atoms with E-state index in [4.69, 9.17) is 9.31 Å². The molecule has 0 unspecified atom stereocenters. The van der Waals surface area contributed by atoms with E-state index in [2.05, 4.69) is 52.0 Å². The maximum atomic E-state index is 6.14. The maximum Gasteiger partial charge on any atom is 0.495 e. The SMILES string of the molecule is CCn1cc2c(B3OC(C)(C)C(C)(C)O3)cccc2n1. The van der Waals surface area contributed by atoms with E-state index < -0.39 is 0 Å². The van der Waals surface area contributed by atoms with Gasteiger partial charge in [0.05, 0.1) is 16.7 Å². The lowest BCUT2D eigenvalue weighted by Gasteiger charge is -2.32. The van der Waals surface area contributed by atoms with Gasteiger partial charge in [0.2, 0.25) is 0 Å². The summed E-state index contributed by atoms with van der Waals surface area (Å²) in [5, 5.41) is 5.65. The molecule has 0 radical (unpaired) electrons. The second-order valence-corrected chi connectivity index (χ2v) is 6.35. The number of fused-ring (bicyclic) bond motifs is 1. The summed E-state index contributed by atoms with van der Waals surface area (Å²) in [5.74, 6) is 0. The highest BCUT2D eigenvalue weighted by molar-refractivity contribution is 6.65. The minimum absolute atomic E-state index is 0.319. The van der Waals surface area contributed by atoms with E-state index in [1.54, 1.807) is 0 Å². The van der Waals surface area contributed by atoms with Crippen LogP contribution in [0, 0.1) is 0 Å². The van der Waals surface area contributed by atoms with E-state index in [-0.39, 0.29) is 18.3 Å². The summed E-state index contributed by atoms with van der Waals surface area (Å²) in [6.45, 7) is 11.2. The standard InChI is InChI=1S/C15H21BN2O2/c1-6-18-10-11-12(8-7-9-13(11)17-18)16-19-14(2,3)15(4,5)20-16/h7-10H,6H2,1-5H3. The summed E-state index contributed by atoms with van der Waals surface area (Å²) in [5.41, 5.74) is 1.40. The van der Waals surface area contributed by atoms with E-state index in [0.29, 0.717) is 0 Å². The van der Waals surface area contributed by atoms with Crippen molar-refractivity contribution in [1.29, 1.82) is 0 Å². The first kappa shape index (κ1) is 13.6. The summed E-state index contributed by atoms with van der Waals surface area (Å²) in [6, 6.07) is 6.10. The van der Waals surface area contributed by atoms with Gasteiger partial charge in [0.25, 0.3) is 0 Å². The van der Waals surface area contributed by atoms with Crippen molar-refractivity contribution in [3.05, 3.63) is 24.4 Å². The molecule has 106 valence electrons. The number of hydrogen-bond donors (Lipinski definition) is 0. The number of aromatic nitrogens is 2. The van der Waals surface area contributed by atoms with E-state index in [1.165, 1.54) is 0 Å². The molecule has 2 heterocycles. The third-order valence-electron chi connectivity index (χ3n) is 4.46. The fourth-order valence-corrected chi connectivity index (χ4v) is 2.45. The van der Waals surface area contributed by atoms with Crippen LogP contribution < -0.4 is 5.46 Å². The average Bonchev–Trinajstić information content (AvgIpc) is 2.87. The molecule has 0 amide bonds. The van der Waals surface area contributed by atoms with Crippen molar-refractivity contribution < 1.29 is 9.31 Å². The lowest BCUT2D eigenvalue weighted by molar-refractivity contribution is 0.00578. The Labute approximate surface area is 120 Å². The number of hydrogen-bond acceptors (Lipinski definition) is 3. The first-order chi connectivity index (χ1) is 9.34. The Morgan fingerprint density at radius 2 is 1.80 bits per heavy atom. The normalized spacial score (nSPS) is 20.8. The molecule has 0 atom stereocenters. The smallest absolute Gasteiger partial charge is 0.399 e. The molecule has 0 aliphatic carbocycles. The van der Waals surface area contributed by atoms with E-state index >= 15 is 0 Å². The Hall–Kier alpha value is -1.33. The Morgan fingerprint density at radius 3 is 2.40 bits per heavy atom. The highest BCUT2D eigenvalue weighted by atomic mass is 16.7. The Balaban J connectivity index is 2.05. The van der Waals surface area contributed by atoms with Crippen LogP contribution in [0.5, 0.6) is 0 Å². The zero-order valence-electron chi connectivity index (χ0n) is 12.8. The second kappa shape index (κ2) is 4.33. The largest absolute Gasteiger partial charge is 0.495 e. The first-order valence-corrected chi connectivity index (χ1v) is 7.16. The highest BCUT2D eigenvalue weighted by Crippen LogP contribution is 2.36. The van der Waals surface area contributed by atoms with Crippen LogP contribution in [0.1, 0.15) is 34.6 Å². The highest BCUT2D eigenvalue weighted by Gasteiger charge is 2.52. The quantitative estimate of drug-likeness (QED) is 0.787. The third-order valence-corrected chi connectivity index (χ3v) is 4.46. The van der Waals surface area contributed by atoms with Crippen molar-refractivity contribution in [2.45, 2.75) is 52.4 Å². The van der Waals surface area contributed by atoms with Gasteiger partial charge < -0.3 is 9.31 Å². The minimum atomic E-state index is -0.335. The van der Waals surface area contributed by atoms with Gasteiger partial charge in [-0.25, -0.2) is 0 Å². The van der Waals surface area contributed by atoms with E-state index in [0.717, 1.165) is 22.9 Å². The summed E-state index contributed by atoms with van der Waals surface area (Å²) >= 11 is 0. The molecule has 1 saturated heterocycles.